The maximum absolute atomic E-state index is 12.6. The molecule has 0 aliphatic rings. The van der Waals surface area contributed by atoms with E-state index in [0.717, 1.165) is 19.3 Å². The lowest BCUT2D eigenvalue weighted by molar-refractivity contribution is 0.0495. The predicted molar refractivity (Wildman–Crippen MR) is 129 cm³/mol. The fraction of sp³-hybridized carbons (Fsp3) is 0.308. The highest BCUT2D eigenvalue weighted by molar-refractivity contribution is 6.07. The number of ether oxygens (including phenoxy) is 3. The summed E-state index contributed by atoms with van der Waals surface area (Å²) in [6.07, 6.45) is 4.33. The Kier molecular flexibility index (Phi) is 8.56. The van der Waals surface area contributed by atoms with E-state index in [1.165, 1.54) is 13.3 Å². The topological polar surface area (TPSA) is 104 Å². The van der Waals surface area contributed by atoms with E-state index in [0.29, 0.717) is 40.0 Å². The van der Waals surface area contributed by atoms with Crippen LogP contribution in [0.2, 0.25) is 0 Å². The van der Waals surface area contributed by atoms with Gasteiger partial charge < -0.3 is 19.5 Å². The van der Waals surface area contributed by atoms with Gasteiger partial charge in [0.25, 0.3) is 0 Å². The van der Waals surface area contributed by atoms with Crippen LogP contribution >= 0.6 is 0 Å². The molecule has 34 heavy (non-hydrogen) atoms. The fourth-order valence-electron chi connectivity index (χ4n) is 3.37. The van der Waals surface area contributed by atoms with Crippen LogP contribution in [0.1, 0.15) is 64.2 Å². The van der Waals surface area contributed by atoms with Crippen molar-refractivity contribution in [3.63, 3.8) is 0 Å². The van der Waals surface area contributed by atoms with Crippen LogP contribution in [0.15, 0.2) is 48.7 Å². The number of nitrogens with zero attached hydrogens (tertiary/aromatic N) is 1. The van der Waals surface area contributed by atoms with Gasteiger partial charge in [-0.3, -0.25) is 4.98 Å². The van der Waals surface area contributed by atoms with Gasteiger partial charge in [0.2, 0.25) is 0 Å². The summed E-state index contributed by atoms with van der Waals surface area (Å²) in [6.45, 7) is 4.40. The van der Waals surface area contributed by atoms with Crippen LogP contribution in [0.3, 0.4) is 0 Å². The molecule has 1 aromatic heterocycles. The fourth-order valence-corrected chi connectivity index (χ4v) is 3.37. The van der Waals surface area contributed by atoms with E-state index < -0.39 is 11.9 Å². The molecule has 2 aromatic carbocycles. The number of anilines is 2. The van der Waals surface area contributed by atoms with Crippen molar-refractivity contribution in [2.24, 2.45) is 0 Å². The largest absolute Gasteiger partial charge is 0.465 e. The molecule has 178 valence electrons. The van der Waals surface area contributed by atoms with Crippen LogP contribution in [0, 0.1) is 0 Å². The Labute approximate surface area is 198 Å². The number of esters is 3. The number of nitrogens with one attached hydrogen (secondary N) is 1. The van der Waals surface area contributed by atoms with Gasteiger partial charge in [-0.25, -0.2) is 14.4 Å². The van der Waals surface area contributed by atoms with Crippen LogP contribution < -0.4 is 5.32 Å². The number of methoxy groups -OCH3 is 1. The molecule has 0 radical (unpaired) electrons. The first-order valence-corrected chi connectivity index (χ1v) is 11.2. The highest BCUT2D eigenvalue weighted by Crippen LogP contribution is 2.31. The van der Waals surface area contributed by atoms with E-state index in [1.807, 2.05) is 0 Å². The lowest BCUT2D eigenvalue weighted by Gasteiger charge is -2.15. The molecule has 0 unspecified atom stereocenters. The molecule has 3 aromatic rings. The molecule has 0 atom stereocenters. The number of carbonyl (C=O) groups is 3. The first kappa shape index (κ1) is 24.7. The summed E-state index contributed by atoms with van der Waals surface area (Å²) in [5, 5.41) is 3.77. The zero-order valence-corrected chi connectivity index (χ0v) is 19.6. The van der Waals surface area contributed by atoms with Crippen LogP contribution in [-0.4, -0.2) is 43.2 Å². The van der Waals surface area contributed by atoms with Crippen molar-refractivity contribution in [1.82, 2.24) is 4.98 Å². The molecule has 0 amide bonds. The normalized spacial score (nSPS) is 10.6. The van der Waals surface area contributed by atoms with Gasteiger partial charge in [0, 0.05) is 17.3 Å². The molecule has 0 saturated carbocycles. The molecule has 1 heterocycles. The minimum Gasteiger partial charge on any atom is -0.465 e. The third-order valence-corrected chi connectivity index (χ3v) is 5.16. The van der Waals surface area contributed by atoms with Crippen LogP contribution in [0.5, 0.6) is 0 Å². The van der Waals surface area contributed by atoms with E-state index in [4.69, 9.17) is 14.2 Å². The number of hydrogen-bond acceptors (Lipinski definition) is 8. The number of aromatic nitrogens is 1. The second kappa shape index (κ2) is 11.8. The minimum atomic E-state index is -0.546. The van der Waals surface area contributed by atoms with Gasteiger partial charge in [-0.1, -0.05) is 19.8 Å². The van der Waals surface area contributed by atoms with Gasteiger partial charge in [-0.05, 0) is 55.8 Å². The Morgan fingerprint density at radius 3 is 2.29 bits per heavy atom. The van der Waals surface area contributed by atoms with Gasteiger partial charge in [-0.15, -0.1) is 0 Å². The second-order valence-corrected chi connectivity index (χ2v) is 7.54. The minimum absolute atomic E-state index is 0.202. The second-order valence-electron chi connectivity index (χ2n) is 7.54. The molecule has 0 fully saturated rings. The first-order chi connectivity index (χ1) is 16.5. The van der Waals surface area contributed by atoms with Crippen LogP contribution in [-0.2, 0) is 14.2 Å². The van der Waals surface area contributed by atoms with Crippen molar-refractivity contribution in [3.05, 3.63) is 65.4 Å². The Morgan fingerprint density at radius 2 is 1.62 bits per heavy atom. The van der Waals surface area contributed by atoms with Crippen molar-refractivity contribution in [2.45, 2.75) is 33.1 Å². The van der Waals surface area contributed by atoms with Crippen molar-refractivity contribution in [2.75, 3.05) is 25.6 Å². The Hall–Kier alpha value is -3.94. The molecular formula is C26H28N2O6. The van der Waals surface area contributed by atoms with Crippen molar-refractivity contribution in [1.29, 1.82) is 0 Å². The smallest absolute Gasteiger partial charge is 0.341 e. The monoisotopic (exact) mass is 464 g/mol. The highest BCUT2D eigenvalue weighted by atomic mass is 16.5. The number of fused-ring (bicyclic) bond motifs is 1. The van der Waals surface area contributed by atoms with E-state index in [1.54, 1.807) is 49.4 Å². The standard InChI is InChI=1S/C26H28N2O6/c1-4-6-7-14-34-25(30)17-8-11-19(12-9-17)28-23-20-15-18(24(29)32-3)10-13-22(20)27-16-21(23)26(31)33-5-2/h8-13,15-16H,4-7,14H2,1-3H3,(H,27,28). The molecule has 0 spiro atoms. The number of pyridine rings is 1. The van der Waals surface area contributed by atoms with Crippen molar-refractivity contribution in [3.8, 4) is 0 Å². The van der Waals surface area contributed by atoms with Crippen LogP contribution in [0.25, 0.3) is 10.9 Å². The number of rotatable bonds is 10. The number of benzene rings is 2. The van der Waals surface area contributed by atoms with Gasteiger partial charge in [0.05, 0.1) is 42.7 Å². The van der Waals surface area contributed by atoms with Gasteiger partial charge in [0.15, 0.2) is 0 Å². The zero-order chi connectivity index (χ0) is 24.5. The lowest BCUT2D eigenvalue weighted by Crippen LogP contribution is -2.10. The summed E-state index contributed by atoms with van der Waals surface area (Å²) in [6, 6.07) is 11.6. The predicted octanol–water partition coefficient (Wildman–Crippen LogP) is 5.29. The zero-order valence-electron chi connectivity index (χ0n) is 19.6. The van der Waals surface area contributed by atoms with E-state index >= 15 is 0 Å². The summed E-state index contributed by atoms with van der Waals surface area (Å²) in [5.41, 5.74) is 2.61. The third-order valence-electron chi connectivity index (χ3n) is 5.16. The SMILES string of the molecule is CCCCCOC(=O)c1ccc(Nc2c(C(=O)OCC)cnc3ccc(C(=O)OC)cc23)cc1. The quantitative estimate of drug-likeness (QED) is 0.245. The summed E-state index contributed by atoms with van der Waals surface area (Å²) in [5.74, 6) is -1.43. The van der Waals surface area contributed by atoms with Crippen LogP contribution in [0.4, 0.5) is 11.4 Å². The number of unbranched alkanes of at least 4 members (excludes halogenated alkanes) is 2. The Balaban J connectivity index is 1.93. The molecule has 8 nitrogen and oxygen atoms in total. The molecule has 8 heteroatoms. The third kappa shape index (κ3) is 5.89. The lowest BCUT2D eigenvalue weighted by atomic mass is 10.1. The van der Waals surface area contributed by atoms with E-state index in [2.05, 4.69) is 17.2 Å². The Bertz CT molecular complexity index is 1170. The average molecular weight is 465 g/mol. The summed E-state index contributed by atoms with van der Waals surface area (Å²) < 4.78 is 15.3. The van der Waals surface area contributed by atoms with Gasteiger partial charge in [-0.2, -0.15) is 0 Å². The molecule has 0 aliphatic heterocycles. The van der Waals surface area contributed by atoms with Crippen molar-refractivity contribution >= 4 is 40.2 Å². The molecule has 0 saturated heterocycles. The van der Waals surface area contributed by atoms with Gasteiger partial charge in [0.1, 0.15) is 5.56 Å². The number of carbonyl (C=O) groups excluding carboxylic acids is 3. The maximum atomic E-state index is 12.6. The summed E-state index contributed by atoms with van der Waals surface area (Å²) >= 11 is 0. The molecule has 3 rings (SSSR count). The van der Waals surface area contributed by atoms with E-state index in [-0.39, 0.29) is 18.1 Å². The van der Waals surface area contributed by atoms with Crippen molar-refractivity contribution < 1.29 is 28.6 Å². The van der Waals surface area contributed by atoms with Gasteiger partial charge >= 0.3 is 17.9 Å². The van der Waals surface area contributed by atoms with E-state index in [9.17, 15) is 14.4 Å². The molecule has 0 aliphatic carbocycles. The first-order valence-electron chi connectivity index (χ1n) is 11.2. The average Bonchev–Trinajstić information content (AvgIpc) is 2.86. The summed E-state index contributed by atoms with van der Waals surface area (Å²) in [4.78, 5) is 41.3. The molecule has 1 N–H and O–H groups in total. The number of hydrogen-bond donors (Lipinski definition) is 1. The Morgan fingerprint density at radius 1 is 0.882 bits per heavy atom. The summed E-state index contributed by atoms with van der Waals surface area (Å²) in [7, 11) is 1.30. The molecule has 0 bridgehead atoms. The maximum Gasteiger partial charge on any atom is 0.341 e. The molecular weight excluding hydrogens is 436 g/mol. The highest BCUT2D eigenvalue weighted by Gasteiger charge is 2.19.